The lowest BCUT2D eigenvalue weighted by atomic mass is 10.3. The summed E-state index contributed by atoms with van der Waals surface area (Å²) < 4.78 is 0. The molecular weight excluding hydrogens is 144 g/mol. The number of hydrogen-bond donors (Lipinski definition) is 0. The van der Waals surface area contributed by atoms with Gasteiger partial charge in [-0.1, -0.05) is 46.3 Å². The Morgan fingerprint density at radius 1 is 1.17 bits per heavy atom. The fraction of sp³-hybridized carbons (Fsp3) is 0.833. The molecule has 0 radical (unpaired) electrons. The van der Waals surface area contributed by atoms with Gasteiger partial charge < -0.3 is 0 Å². The number of rotatable bonds is 0. The molecule has 0 unspecified atom stereocenters. The Morgan fingerprint density at radius 2 is 1.58 bits per heavy atom. The van der Waals surface area contributed by atoms with Crippen LogP contribution in [-0.4, -0.2) is 0 Å². The molecule has 0 heteroatoms. The first-order chi connectivity index (χ1) is 5.63. The molecule has 1 aliphatic carbocycles. The van der Waals surface area contributed by atoms with Crippen molar-refractivity contribution in [1.82, 2.24) is 0 Å². The molecule has 0 nitrogen and oxygen atoms in total. The van der Waals surface area contributed by atoms with E-state index in [1.54, 1.807) is 5.57 Å². The maximum Gasteiger partial charge on any atom is -0.0320 e. The zero-order valence-corrected chi connectivity index (χ0v) is 9.78. The maximum atomic E-state index is 2.32. The second-order valence-electron chi connectivity index (χ2n) is 3.67. The monoisotopic (exact) mass is 170 g/mol. The van der Waals surface area contributed by atoms with Crippen LogP contribution in [0.15, 0.2) is 11.6 Å². The Balaban J connectivity index is 0. The lowest BCUT2D eigenvalue weighted by Gasteiger charge is -1.79. The predicted octanol–water partition coefficient (Wildman–Crippen LogP) is 4.81. The zero-order chi connectivity index (χ0) is 9.98. The van der Waals surface area contributed by atoms with Gasteiger partial charge in [0.1, 0.15) is 0 Å². The second kappa shape index (κ2) is 10.7. The van der Waals surface area contributed by atoms with Crippen molar-refractivity contribution in [1.29, 1.82) is 0 Å². The van der Waals surface area contributed by atoms with Crippen molar-refractivity contribution in [3.05, 3.63) is 11.6 Å². The fourth-order valence-corrected chi connectivity index (χ4v) is 0.831. The highest BCUT2D eigenvalue weighted by atomic mass is 14.0. The topological polar surface area (TPSA) is 0 Å². The Bertz CT molecular complexity index is 95.9. The summed E-state index contributed by atoms with van der Waals surface area (Å²) in [4.78, 5) is 0. The van der Waals surface area contributed by atoms with Crippen molar-refractivity contribution >= 4 is 0 Å². The zero-order valence-electron chi connectivity index (χ0n) is 9.78. The molecule has 0 bridgehead atoms. The van der Waals surface area contributed by atoms with Crippen LogP contribution in [0.5, 0.6) is 0 Å². The third-order valence-electron chi connectivity index (χ3n) is 1.27. The van der Waals surface area contributed by atoms with Crippen molar-refractivity contribution in [3.8, 4) is 0 Å². The van der Waals surface area contributed by atoms with Crippen LogP contribution in [0.4, 0.5) is 0 Å². The normalized spacial score (nSPS) is 14.1. The van der Waals surface area contributed by atoms with E-state index in [1.165, 1.54) is 19.3 Å². The molecule has 0 amide bonds. The minimum atomic E-state index is 0.833. The molecule has 0 aromatic rings. The molecule has 1 rings (SSSR count). The smallest absolute Gasteiger partial charge is 0.0320 e. The lowest BCUT2D eigenvalue weighted by molar-refractivity contribution is 0.737. The van der Waals surface area contributed by atoms with Crippen molar-refractivity contribution < 1.29 is 0 Å². The summed E-state index contributed by atoms with van der Waals surface area (Å²) >= 11 is 0. The molecule has 12 heavy (non-hydrogen) atoms. The van der Waals surface area contributed by atoms with Crippen molar-refractivity contribution in [2.45, 2.75) is 60.8 Å². The fourth-order valence-electron chi connectivity index (χ4n) is 0.831. The van der Waals surface area contributed by atoms with Gasteiger partial charge in [-0.2, -0.15) is 0 Å². The third kappa shape index (κ3) is 16.4. The van der Waals surface area contributed by atoms with Crippen molar-refractivity contribution in [3.63, 3.8) is 0 Å². The van der Waals surface area contributed by atoms with E-state index in [2.05, 4.69) is 33.8 Å². The first kappa shape index (κ1) is 14.3. The predicted molar refractivity (Wildman–Crippen MR) is 59.5 cm³/mol. The highest BCUT2D eigenvalue weighted by Crippen LogP contribution is 2.15. The summed E-state index contributed by atoms with van der Waals surface area (Å²) in [7, 11) is 0. The van der Waals surface area contributed by atoms with Crippen LogP contribution in [0.3, 0.4) is 0 Å². The molecule has 0 aromatic heterocycles. The van der Waals surface area contributed by atoms with E-state index in [-0.39, 0.29) is 0 Å². The Labute approximate surface area is 79.1 Å². The summed E-state index contributed by atoms with van der Waals surface area (Å²) in [5.74, 6) is 0.833. The first-order valence-electron chi connectivity index (χ1n) is 5.28. The van der Waals surface area contributed by atoms with Crippen LogP contribution in [-0.2, 0) is 0 Å². The van der Waals surface area contributed by atoms with Crippen molar-refractivity contribution in [2.24, 2.45) is 5.92 Å². The Morgan fingerprint density at radius 3 is 1.67 bits per heavy atom. The highest BCUT2D eigenvalue weighted by molar-refractivity contribution is 5.02. The van der Waals surface area contributed by atoms with E-state index in [1.807, 2.05) is 13.8 Å². The summed E-state index contributed by atoms with van der Waals surface area (Å²) in [6.45, 7) is 12.7. The SMILES string of the molecule is CC.CC(C)C.CC1=CCCC1. The van der Waals surface area contributed by atoms with Gasteiger partial charge in [0.15, 0.2) is 0 Å². The van der Waals surface area contributed by atoms with Gasteiger partial charge in [-0.05, 0) is 32.1 Å². The quantitative estimate of drug-likeness (QED) is 0.458. The molecular formula is C12H26. The van der Waals surface area contributed by atoms with Gasteiger partial charge in [0, 0.05) is 0 Å². The molecule has 0 heterocycles. The van der Waals surface area contributed by atoms with Crippen LogP contribution in [0.1, 0.15) is 60.8 Å². The van der Waals surface area contributed by atoms with Gasteiger partial charge in [-0.3, -0.25) is 0 Å². The average Bonchev–Trinajstić information content (AvgIpc) is 2.43. The molecule has 0 spiro atoms. The first-order valence-corrected chi connectivity index (χ1v) is 5.28. The van der Waals surface area contributed by atoms with Crippen LogP contribution < -0.4 is 0 Å². The van der Waals surface area contributed by atoms with E-state index in [4.69, 9.17) is 0 Å². The average molecular weight is 170 g/mol. The summed E-state index contributed by atoms with van der Waals surface area (Å²) in [5.41, 5.74) is 1.58. The maximum absolute atomic E-state index is 2.32. The van der Waals surface area contributed by atoms with Gasteiger partial charge in [0.2, 0.25) is 0 Å². The molecule has 74 valence electrons. The van der Waals surface area contributed by atoms with Gasteiger partial charge in [-0.15, -0.1) is 0 Å². The van der Waals surface area contributed by atoms with Crippen LogP contribution >= 0.6 is 0 Å². The highest BCUT2D eigenvalue weighted by Gasteiger charge is 1.94. The molecule has 1 aliphatic rings. The summed E-state index contributed by atoms with van der Waals surface area (Å²) in [6.07, 6.45) is 6.39. The standard InChI is InChI=1S/C6H10.C4H10.C2H6/c1-6-4-2-3-5-6;1-4(2)3;1-2/h4H,2-3,5H2,1H3;4H,1-3H3;1-2H3. The lowest BCUT2D eigenvalue weighted by Crippen LogP contribution is -1.66. The van der Waals surface area contributed by atoms with E-state index in [0.717, 1.165) is 5.92 Å². The molecule has 0 aliphatic heterocycles. The van der Waals surface area contributed by atoms with Gasteiger partial charge in [0.25, 0.3) is 0 Å². The molecule has 0 saturated heterocycles. The van der Waals surface area contributed by atoms with E-state index >= 15 is 0 Å². The Hall–Kier alpha value is -0.260. The minimum absolute atomic E-state index is 0.833. The van der Waals surface area contributed by atoms with E-state index < -0.39 is 0 Å². The largest absolute Gasteiger partial charge is 0.0856 e. The van der Waals surface area contributed by atoms with Crippen LogP contribution in [0.25, 0.3) is 0 Å². The molecule has 0 atom stereocenters. The molecule has 0 N–H and O–H groups in total. The minimum Gasteiger partial charge on any atom is -0.0856 e. The summed E-state index contributed by atoms with van der Waals surface area (Å²) in [6, 6.07) is 0. The van der Waals surface area contributed by atoms with Gasteiger partial charge in [-0.25, -0.2) is 0 Å². The molecule has 0 saturated carbocycles. The van der Waals surface area contributed by atoms with Crippen LogP contribution in [0.2, 0.25) is 0 Å². The number of allylic oxidation sites excluding steroid dienone is 2. The van der Waals surface area contributed by atoms with Gasteiger partial charge >= 0.3 is 0 Å². The summed E-state index contributed by atoms with van der Waals surface area (Å²) in [5, 5.41) is 0. The second-order valence-corrected chi connectivity index (χ2v) is 3.67. The van der Waals surface area contributed by atoms with Crippen molar-refractivity contribution in [2.75, 3.05) is 0 Å². The van der Waals surface area contributed by atoms with Crippen LogP contribution in [0, 0.1) is 5.92 Å². The molecule has 0 fully saturated rings. The number of hydrogen-bond acceptors (Lipinski definition) is 0. The van der Waals surface area contributed by atoms with E-state index in [9.17, 15) is 0 Å². The van der Waals surface area contributed by atoms with E-state index in [0.29, 0.717) is 0 Å². The van der Waals surface area contributed by atoms with Gasteiger partial charge in [0.05, 0.1) is 0 Å². The molecule has 0 aromatic carbocycles. The Kier molecular flexibility index (Phi) is 12.8. The third-order valence-corrected chi connectivity index (χ3v) is 1.27.